The molecular formula is C67H91N17O15. The largest absolute Gasteiger partial charge is 0.508 e. The van der Waals surface area contributed by atoms with Crippen LogP contribution < -0.4 is 65.1 Å². The number of fused-ring (bicyclic) bond motifs is 1. The summed E-state index contributed by atoms with van der Waals surface area (Å²) in [6, 6.07) is 4.51. The zero-order valence-corrected chi connectivity index (χ0v) is 56.3. The first-order chi connectivity index (χ1) is 47.0. The number of aliphatic imine (C=N–C) groups is 3. The molecule has 2 saturated heterocycles. The number of carboxylic acids is 1. The number of benzene rings is 3. The van der Waals surface area contributed by atoms with Crippen LogP contribution in [0, 0.1) is 26.7 Å². The van der Waals surface area contributed by atoms with Crippen molar-refractivity contribution in [3.8, 4) is 5.75 Å². The lowest BCUT2D eigenvalue weighted by atomic mass is 9.93. The fourth-order valence-corrected chi connectivity index (χ4v) is 11.8. The minimum atomic E-state index is -1.80. The monoisotopic (exact) mass is 1370 g/mol. The number of aliphatic carboxylic acids is 1. The first-order valence-electron chi connectivity index (χ1n) is 32.6. The van der Waals surface area contributed by atoms with Crippen molar-refractivity contribution in [1.82, 2.24) is 57.7 Å². The van der Waals surface area contributed by atoms with Crippen molar-refractivity contribution in [2.75, 3.05) is 32.8 Å². The number of nitrogens with one attached hydrogen (secondary N) is 10. The average molecular weight is 1370 g/mol. The zero-order chi connectivity index (χ0) is 72.6. The molecule has 1 aromatic heterocycles. The number of likely N-dealkylation sites (tertiary alicyclic amines) is 1. The number of phenolic OH excluding ortho intramolecular Hbond substituents is 1. The molecule has 0 spiro atoms. The molecule has 0 bridgehead atoms. The van der Waals surface area contributed by atoms with Gasteiger partial charge in [0.1, 0.15) is 66.5 Å². The third kappa shape index (κ3) is 23.8. The Morgan fingerprint density at radius 3 is 1.85 bits per heavy atom. The van der Waals surface area contributed by atoms with E-state index in [1.54, 1.807) is 30.5 Å². The molecular weight excluding hydrogens is 1280 g/mol. The van der Waals surface area contributed by atoms with Crippen LogP contribution >= 0.6 is 0 Å². The van der Waals surface area contributed by atoms with Crippen molar-refractivity contribution >= 4 is 99.9 Å². The van der Waals surface area contributed by atoms with Crippen molar-refractivity contribution < 1.29 is 72.9 Å². The van der Waals surface area contributed by atoms with E-state index in [0.29, 0.717) is 39.7 Å². The fourth-order valence-electron chi connectivity index (χ4n) is 11.8. The summed E-state index contributed by atoms with van der Waals surface area (Å²) in [6.07, 6.45) is 3.44. The summed E-state index contributed by atoms with van der Waals surface area (Å²) in [5, 5.41) is 53.3. The minimum Gasteiger partial charge on any atom is -0.508 e. The van der Waals surface area contributed by atoms with E-state index in [4.69, 9.17) is 27.1 Å². The third-order valence-electron chi connectivity index (χ3n) is 16.6. The van der Waals surface area contributed by atoms with Gasteiger partial charge in [0, 0.05) is 74.9 Å². The number of amides is 11. The minimum absolute atomic E-state index is 0.00367. The van der Waals surface area contributed by atoms with Gasteiger partial charge in [0.2, 0.25) is 65.0 Å². The maximum absolute atomic E-state index is 15.1. The van der Waals surface area contributed by atoms with Crippen LogP contribution in [0.4, 0.5) is 0 Å². The molecule has 3 aliphatic heterocycles. The van der Waals surface area contributed by atoms with E-state index in [9.17, 15) is 53.4 Å². The molecule has 9 atom stereocenters. The Morgan fingerprint density at radius 2 is 1.27 bits per heavy atom. The number of nitrogens with zero attached hydrogens (tertiary/aromatic N) is 4. The van der Waals surface area contributed by atoms with Gasteiger partial charge in [-0.2, -0.15) is 0 Å². The van der Waals surface area contributed by atoms with Crippen LogP contribution in [0.15, 0.2) is 81.8 Å². The zero-order valence-electron chi connectivity index (χ0n) is 56.3. The first kappa shape index (κ1) is 77.2. The number of aliphatic hydroxyl groups is 1. The molecule has 2 fully saturated rings. The van der Waals surface area contributed by atoms with Gasteiger partial charge in [0.15, 0.2) is 5.96 Å². The van der Waals surface area contributed by atoms with Crippen LogP contribution in [0.1, 0.15) is 106 Å². The van der Waals surface area contributed by atoms with Crippen LogP contribution in [-0.2, 0) is 76.8 Å². The second-order valence-corrected chi connectivity index (χ2v) is 25.1. The van der Waals surface area contributed by atoms with Gasteiger partial charge in [-0.15, -0.1) is 0 Å². The molecule has 32 heteroatoms. The Bertz CT molecular complexity index is 3670. The number of primary amides is 1. The standard InChI is InChI=1S/C65H87N17O13.C2H4O2/c1-34(2)22-47(57(88)75-46(12-8-20-70-65(67)68)64(95)82-21-9-13-53(82)63(94)72-31-54(66)85)76-61(92)51(28-43-36(4)23-35(3)24-37(43)5)80-58(89)48(25-38-14-16-41(84)17-15-38)77-62(93)52(32-83)81-59(90)49(26-39-29-71-44-11-7-6-10-42(39)44)78-60(91)50(27-40-30-69-33-73-40)79-56(87)45-18-19-55(86)74-45;1-2(3)4/h6-7,10-11,14-17,23-24,29,33-34,45-53,71,83-84H,8-9,12-13,18-22,25-28,30-32H2,1-5H3,(H2,66,85)(H,72,94)(H,74,86)(H,75,88)(H,76,92)(H,77,93)(H,78,91)(H,79,87)(H,80,89)(H,81,90)(H4,67,68,70);1H3,(H,3,4)/t45-,46-,47-,48-,49-,50-,51+,52-,53-;/m0./s1. The van der Waals surface area contributed by atoms with Crippen molar-refractivity contribution in [2.24, 2.45) is 38.1 Å². The number of nitrogens with two attached hydrogens (primary N) is 3. The molecule has 11 amide bonds. The highest BCUT2D eigenvalue weighted by Gasteiger charge is 2.40. The number of hydrogen-bond acceptors (Lipinski definition) is 17. The molecule has 0 saturated carbocycles. The number of aromatic nitrogens is 1. The van der Waals surface area contributed by atoms with Crippen molar-refractivity contribution in [1.29, 1.82) is 0 Å². The fraction of sp³-hybridized carbons (Fsp3) is 0.478. The Balaban J connectivity index is 0.00000376. The summed E-state index contributed by atoms with van der Waals surface area (Å²) in [5.74, 6) is -9.78. The second-order valence-electron chi connectivity index (χ2n) is 25.1. The molecule has 7 rings (SSSR count). The molecule has 19 N–H and O–H groups in total. The molecule has 534 valence electrons. The van der Waals surface area contributed by atoms with E-state index in [-0.39, 0.29) is 107 Å². The van der Waals surface area contributed by atoms with Crippen LogP contribution in [0.3, 0.4) is 0 Å². The molecule has 32 nitrogen and oxygen atoms in total. The van der Waals surface area contributed by atoms with Crippen LogP contribution in [0.2, 0.25) is 0 Å². The maximum atomic E-state index is 15.1. The highest BCUT2D eigenvalue weighted by Crippen LogP contribution is 2.24. The highest BCUT2D eigenvalue weighted by molar-refractivity contribution is 6.03. The second kappa shape index (κ2) is 37.1. The van der Waals surface area contributed by atoms with Crippen LogP contribution in [-0.4, -0.2) is 201 Å². The lowest BCUT2D eigenvalue weighted by molar-refractivity contribution is -0.142. The van der Waals surface area contributed by atoms with E-state index in [1.165, 1.54) is 35.5 Å². The van der Waals surface area contributed by atoms with E-state index < -0.39 is 133 Å². The number of carboxylic acid groups (broad SMARTS) is 1. The number of carbonyl (C=O) groups excluding carboxylic acids is 11. The predicted molar refractivity (Wildman–Crippen MR) is 365 cm³/mol. The molecule has 4 heterocycles. The number of hydrogen-bond donors (Lipinski definition) is 16. The van der Waals surface area contributed by atoms with Gasteiger partial charge in [-0.3, -0.25) is 67.5 Å². The van der Waals surface area contributed by atoms with Crippen LogP contribution in [0.5, 0.6) is 5.75 Å². The molecule has 0 aliphatic carbocycles. The normalized spacial score (nSPS) is 16.7. The smallest absolute Gasteiger partial charge is 0.300 e. The molecule has 0 unspecified atom stereocenters. The number of aliphatic hydroxyl groups excluding tert-OH is 1. The van der Waals surface area contributed by atoms with Crippen molar-refractivity contribution in [3.05, 3.63) is 100 Å². The summed E-state index contributed by atoms with van der Waals surface area (Å²) >= 11 is 0. The third-order valence-corrected chi connectivity index (χ3v) is 16.6. The van der Waals surface area contributed by atoms with Gasteiger partial charge in [0.25, 0.3) is 5.97 Å². The topological polar surface area (TPSA) is 508 Å². The van der Waals surface area contributed by atoms with E-state index >= 15 is 9.59 Å². The predicted octanol–water partition coefficient (Wildman–Crippen LogP) is -1.85. The SMILES string of the molecule is CC(=O)O.Cc1cc(C)c(C[C@@H](NC(=O)[C@H](Cc2ccc(O)cc2)NC(=O)[C@H](CO)NC(=O)[C@H](Cc2c[nH]c3ccccc23)NC(=O)[C@H](CC2=NC=NC2)NC(=O)[C@@H]2CCC(=O)N2)C(=O)N[C@@H](CC(C)C)C(=O)N[C@@H](CCCN=C(N)N)C(=O)N2CCC[C@H]2C(=O)NCC(N)=O)c(C)c1. The summed E-state index contributed by atoms with van der Waals surface area (Å²) < 4.78 is 0. The quantitative estimate of drug-likeness (QED) is 0.0141. The number of aryl methyl sites for hydroxylation is 3. The Kier molecular flexibility index (Phi) is 28.9. The number of aromatic amines is 1. The molecule has 3 aliphatic rings. The Morgan fingerprint density at radius 1 is 0.707 bits per heavy atom. The number of H-pyrrole nitrogens is 1. The van der Waals surface area contributed by atoms with Gasteiger partial charge in [0.05, 0.1) is 19.7 Å². The summed E-state index contributed by atoms with van der Waals surface area (Å²) in [4.78, 5) is 179. The highest BCUT2D eigenvalue weighted by atomic mass is 16.4. The lowest BCUT2D eigenvalue weighted by Crippen LogP contribution is -2.61. The van der Waals surface area contributed by atoms with Crippen molar-refractivity contribution in [3.63, 3.8) is 0 Å². The van der Waals surface area contributed by atoms with Gasteiger partial charge >= 0.3 is 0 Å². The number of guanidine groups is 1. The number of carbonyl (C=O) groups is 12. The number of rotatable bonds is 33. The first-order valence-corrected chi connectivity index (χ1v) is 32.6. The van der Waals surface area contributed by atoms with Crippen molar-refractivity contribution in [2.45, 2.75) is 167 Å². The Hall–Kier alpha value is -10.8. The van der Waals surface area contributed by atoms with Gasteiger partial charge in [-0.25, -0.2) is 4.99 Å². The molecule has 0 radical (unpaired) electrons. The van der Waals surface area contributed by atoms with E-state index in [1.807, 2.05) is 46.8 Å². The molecule has 99 heavy (non-hydrogen) atoms. The summed E-state index contributed by atoms with van der Waals surface area (Å²) in [6.45, 7) is 9.14. The van der Waals surface area contributed by atoms with Gasteiger partial charge in [-0.05, 0) is 111 Å². The maximum Gasteiger partial charge on any atom is 0.300 e. The Labute approximate surface area is 571 Å². The molecule has 3 aromatic carbocycles. The van der Waals surface area contributed by atoms with E-state index in [0.717, 1.165) is 23.6 Å². The summed E-state index contributed by atoms with van der Waals surface area (Å²) in [7, 11) is 0. The van der Waals surface area contributed by atoms with E-state index in [2.05, 4.69) is 67.8 Å². The molecule has 4 aromatic rings. The number of para-hydroxylation sites is 1. The lowest BCUT2D eigenvalue weighted by Gasteiger charge is -2.31. The van der Waals surface area contributed by atoms with Gasteiger partial charge < -0.3 is 90.3 Å². The van der Waals surface area contributed by atoms with Gasteiger partial charge in [-0.1, -0.05) is 61.9 Å². The van der Waals surface area contributed by atoms with Crippen LogP contribution in [0.25, 0.3) is 10.9 Å². The number of aromatic hydroxyl groups is 1. The average Bonchev–Trinajstić information content (AvgIpc) is 1.80. The number of phenols is 1. The summed E-state index contributed by atoms with van der Waals surface area (Å²) in [5.41, 5.74) is 21.7.